The van der Waals surface area contributed by atoms with Gasteiger partial charge in [0, 0.05) is 30.0 Å². The number of amides is 1. The van der Waals surface area contributed by atoms with Crippen LogP contribution in [0.15, 0.2) is 48.5 Å². The molecule has 4 rings (SSSR count). The molecule has 1 aliphatic carbocycles. The average molecular weight is 427 g/mol. The third-order valence-electron chi connectivity index (χ3n) is 6.44. The fourth-order valence-electron chi connectivity index (χ4n) is 4.72. The molecule has 0 spiro atoms. The van der Waals surface area contributed by atoms with Crippen LogP contribution < -0.4 is 15.1 Å². The summed E-state index contributed by atoms with van der Waals surface area (Å²) in [4.78, 5) is 16.4. The summed E-state index contributed by atoms with van der Waals surface area (Å²) < 4.78 is 18.7. The number of rotatable bonds is 7. The van der Waals surface area contributed by atoms with E-state index in [0.29, 0.717) is 12.6 Å². The normalized spacial score (nSPS) is 18.5. The molecule has 1 amide bonds. The zero-order valence-corrected chi connectivity index (χ0v) is 18.1. The van der Waals surface area contributed by atoms with Crippen molar-refractivity contribution >= 4 is 17.3 Å². The average Bonchev–Trinajstić information content (AvgIpc) is 2.82. The Balaban J connectivity index is 1.37. The van der Waals surface area contributed by atoms with E-state index in [1.807, 2.05) is 24.3 Å². The van der Waals surface area contributed by atoms with Crippen molar-refractivity contribution in [1.29, 1.82) is 0 Å². The van der Waals surface area contributed by atoms with Gasteiger partial charge in [0.2, 0.25) is 0 Å². The van der Waals surface area contributed by atoms with Gasteiger partial charge in [-0.15, -0.1) is 0 Å². The van der Waals surface area contributed by atoms with Crippen molar-refractivity contribution in [3.63, 3.8) is 0 Å². The molecule has 5 nitrogen and oxygen atoms in total. The molecule has 166 valence electrons. The molecule has 2 aliphatic rings. The van der Waals surface area contributed by atoms with Gasteiger partial charge in [0.25, 0.3) is 5.91 Å². The molecule has 1 heterocycles. The van der Waals surface area contributed by atoms with Gasteiger partial charge >= 0.3 is 0 Å². The minimum Gasteiger partial charge on any atom is -0.378 e. The minimum absolute atomic E-state index is 0.0295. The molecule has 0 bridgehead atoms. The number of hydrogen-bond acceptors (Lipinski definition) is 3. The highest BCUT2D eigenvalue weighted by Crippen LogP contribution is 2.19. The molecule has 2 N–H and O–H groups in total. The minimum atomic E-state index is -0.221. The molecule has 1 saturated heterocycles. The molecular weight excluding hydrogens is 393 g/mol. The molecule has 1 unspecified atom stereocenters. The van der Waals surface area contributed by atoms with Crippen molar-refractivity contribution in [3.8, 4) is 0 Å². The van der Waals surface area contributed by atoms with Gasteiger partial charge in [-0.1, -0.05) is 18.6 Å². The van der Waals surface area contributed by atoms with Crippen molar-refractivity contribution in [2.24, 2.45) is 0 Å². The second-order valence-electron chi connectivity index (χ2n) is 8.67. The van der Waals surface area contributed by atoms with Gasteiger partial charge in [-0.05, 0) is 62.1 Å². The fourth-order valence-corrected chi connectivity index (χ4v) is 4.72. The number of benzene rings is 2. The Morgan fingerprint density at radius 2 is 1.68 bits per heavy atom. The molecule has 2 aromatic rings. The summed E-state index contributed by atoms with van der Waals surface area (Å²) in [7, 11) is 0. The zero-order chi connectivity index (χ0) is 21.5. The van der Waals surface area contributed by atoms with Crippen LogP contribution in [-0.4, -0.2) is 44.8 Å². The van der Waals surface area contributed by atoms with E-state index in [4.69, 9.17) is 4.74 Å². The Hall–Kier alpha value is -2.44. The third-order valence-corrected chi connectivity index (χ3v) is 6.44. The standard InChI is InChI=1S/C25H32FN3O2/c26-21-8-6-20(7-9-21)18-29(23-4-2-1-3-5-23)19-25(30)27-22-10-12-24(13-11-22)28-14-16-31-17-15-28/h6-13,23H,1-5,14-19H2,(H,27,30)/p+1. The smallest absolute Gasteiger partial charge is 0.279 e. The Labute approximate surface area is 184 Å². The Bertz CT molecular complexity index is 829. The number of nitrogens with zero attached hydrogens (tertiary/aromatic N) is 1. The predicted molar refractivity (Wildman–Crippen MR) is 121 cm³/mol. The summed E-state index contributed by atoms with van der Waals surface area (Å²) >= 11 is 0. The topological polar surface area (TPSA) is 46.0 Å². The van der Waals surface area contributed by atoms with E-state index in [1.54, 1.807) is 0 Å². The highest BCUT2D eigenvalue weighted by atomic mass is 19.1. The summed E-state index contributed by atoms with van der Waals surface area (Å²) in [5.41, 5.74) is 3.06. The van der Waals surface area contributed by atoms with E-state index >= 15 is 0 Å². The maximum atomic E-state index is 13.3. The first-order valence-electron chi connectivity index (χ1n) is 11.5. The van der Waals surface area contributed by atoms with E-state index in [9.17, 15) is 9.18 Å². The first-order valence-corrected chi connectivity index (χ1v) is 11.5. The number of anilines is 2. The second kappa shape index (κ2) is 10.7. The van der Waals surface area contributed by atoms with E-state index in [-0.39, 0.29) is 11.7 Å². The highest BCUT2D eigenvalue weighted by molar-refractivity contribution is 5.91. The van der Waals surface area contributed by atoms with Gasteiger partial charge in [-0.25, -0.2) is 4.39 Å². The van der Waals surface area contributed by atoms with E-state index in [1.165, 1.54) is 36.3 Å². The van der Waals surface area contributed by atoms with Crippen LogP contribution in [0.2, 0.25) is 0 Å². The summed E-state index contributed by atoms with van der Waals surface area (Å²) in [6.07, 6.45) is 6.03. The lowest BCUT2D eigenvalue weighted by Crippen LogP contribution is -3.15. The third kappa shape index (κ3) is 6.28. The summed E-state index contributed by atoms with van der Waals surface area (Å²) in [5, 5.41) is 3.07. The summed E-state index contributed by atoms with van der Waals surface area (Å²) in [6, 6.07) is 15.2. The maximum absolute atomic E-state index is 13.3. The molecule has 0 radical (unpaired) electrons. The summed E-state index contributed by atoms with van der Waals surface area (Å²) in [6.45, 7) is 4.48. The lowest BCUT2D eigenvalue weighted by atomic mass is 9.93. The van der Waals surface area contributed by atoms with Gasteiger partial charge in [0.1, 0.15) is 12.4 Å². The van der Waals surface area contributed by atoms with Gasteiger partial charge in [0.05, 0.1) is 19.3 Å². The monoisotopic (exact) mass is 426 g/mol. The number of quaternary nitrogens is 1. The van der Waals surface area contributed by atoms with Crippen molar-refractivity contribution < 1.29 is 18.8 Å². The number of halogens is 1. The molecule has 1 aliphatic heterocycles. The first-order chi connectivity index (χ1) is 15.2. The van der Waals surface area contributed by atoms with E-state index < -0.39 is 0 Å². The van der Waals surface area contributed by atoms with Crippen LogP contribution in [0, 0.1) is 5.82 Å². The molecule has 0 aromatic heterocycles. The largest absolute Gasteiger partial charge is 0.378 e. The van der Waals surface area contributed by atoms with Crippen LogP contribution in [0.25, 0.3) is 0 Å². The molecular formula is C25H33FN3O2+. The van der Waals surface area contributed by atoms with E-state index in [2.05, 4.69) is 22.3 Å². The molecule has 1 saturated carbocycles. The lowest BCUT2D eigenvalue weighted by Gasteiger charge is -2.31. The molecule has 1 atom stereocenters. The van der Waals surface area contributed by atoms with Gasteiger partial charge in [0.15, 0.2) is 6.54 Å². The van der Waals surface area contributed by atoms with Gasteiger partial charge < -0.3 is 19.9 Å². The highest BCUT2D eigenvalue weighted by Gasteiger charge is 2.27. The number of carbonyl (C=O) groups excluding carboxylic acids is 1. The quantitative estimate of drug-likeness (QED) is 0.716. The fraction of sp³-hybridized carbons (Fsp3) is 0.480. The van der Waals surface area contributed by atoms with Crippen molar-refractivity contribution in [1.82, 2.24) is 0 Å². The number of morpholine rings is 1. The van der Waals surface area contributed by atoms with E-state index in [0.717, 1.165) is 62.6 Å². The van der Waals surface area contributed by atoms with Crippen LogP contribution in [0.1, 0.15) is 37.7 Å². The SMILES string of the molecule is O=C(C[NH+](Cc1ccc(F)cc1)C1CCCCC1)Nc1ccc(N2CCOCC2)cc1. The molecule has 6 heteroatoms. The van der Waals surface area contributed by atoms with Crippen LogP contribution in [-0.2, 0) is 16.1 Å². The van der Waals surface area contributed by atoms with Gasteiger partial charge in [-0.3, -0.25) is 4.79 Å². The van der Waals surface area contributed by atoms with Crippen LogP contribution in [0.4, 0.5) is 15.8 Å². The molecule has 2 aromatic carbocycles. The van der Waals surface area contributed by atoms with Crippen LogP contribution in [0.5, 0.6) is 0 Å². The summed E-state index contributed by atoms with van der Waals surface area (Å²) in [5.74, 6) is -0.192. The van der Waals surface area contributed by atoms with Crippen LogP contribution in [0.3, 0.4) is 0 Å². The molecule has 31 heavy (non-hydrogen) atoms. The second-order valence-corrected chi connectivity index (χ2v) is 8.67. The van der Waals surface area contributed by atoms with Crippen LogP contribution >= 0.6 is 0 Å². The van der Waals surface area contributed by atoms with Gasteiger partial charge in [-0.2, -0.15) is 0 Å². The molecule has 2 fully saturated rings. The Kier molecular flexibility index (Phi) is 7.54. The van der Waals surface area contributed by atoms with Crippen molar-refractivity contribution in [2.45, 2.75) is 44.7 Å². The van der Waals surface area contributed by atoms with Crippen molar-refractivity contribution in [2.75, 3.05) is 43.1 Å². The van der Waals surface area contributed by atoms with Crippen molar-refractivity contribution in [3.05, 3.63) is 59.9 Å². The Morgan fingerprint density at radius 3 is 2.35 bits per heavy atom. The Morgan fingerprint density at radius 1 is 1.00 bits per heavy atom. The predicted octanol–water partition coefficient (Wildman–Crippen LogP) is 3.02. The zero-order valence-electron chi connectivity index (χ0n) is 18.1. The first kappa shape index (κ1) is 21.8. The number of nitrogens with one attached hydrogen (secondary N) is 2. The number of ether oxygens (including phenoxy) is 1. The number of hydrogen-bond donors (Lipinski definition) is 2. The maximum Gasteiger partial charge on any atom is 0.279 e. The lowest BCUT2D eigenvalue weighted by molar-refractivity contribution is -0.932. The number of carbonyl (C=O) groups is 1.